The monoisotopic (exact) mass is 461 g/mol. The van der Waals surface area contributed by atoms with E-state index in [-0.39, 0.29) is 23.7 Å². The highest BCUT2D eigenvalue weighted by Crippen LogP contribution is 2.47. The number of ketones is 1. The summed E-state index contributed by atoms with van der Waals surface area (Å²) in [7, 11) is 4.28. The average Bonchev–Trinajstić information content (AvgIpc) is 2.73. The van der Waals surface area contributed by atoms with E-state index >= 15 is 0 Å². The number of ether oxygens (including phenoxy) is 4. The topological polar surface area (TPSA) is 97.1 Å². The number of nitrogens with two attached hydrogens (primary N) is 1. The highest BCUT2D eigenvalue weighted by atomic mass is 79.9. The summed E-state index contributed by atoms with van der Waals surface area (Å²) in [5.74, 6) is -0.268. The SMILES string of the molecule is COC(=O)C1=C(N)Oc2c(OC)cc(Br)cc2C1CC(=O)c1cccc(OC)c1. The van der Waals surface area contributed by atoms with Gasteiger partial charge in [-0.3, -0.25) is 4.79 Å². The summed E-state index contributed by atoms with van der Waals surface area (Å²) < 4.78 is 21.8. The van der Waals surface area contributed by atoms with Crippen molar-refractivity contribution in [2.45, 2.75) is 12.3 Å². The van der Waals surface area contributed by atoms with Gasteiger partial charge in [-0.25, -0.2) is 4.79 Å². The maximum atomic E-state index is 13.0. The molecule has 0 saturated carbocycles. The molecule has 0 saturated heterocycles. The fourth-order valence-electron chi connectivity index (χ4n) is 3.27. The van der Waals surface area contributed by atoms with Crippen molar-refractivity contribution < 1.29 is 28.5 Å². The minimum Gasteiger partial charge on any atom is -0.497 e. The first-order valence-corrected chi connectivity index (χ1v) is 9.49. The molecule has 0 aromatic heterocycles. The molecule has 0 bridgehead atoms. The van der Waals surface area contributed by atoms with Crippen molar-refractivity contribution in [2.24, 2.45) is 5.73 Å². The Hall–Kier alpha value is -3.00. The molecule has 1 aliphatic heterocycles. The van der Waals surface area contributed by atoms with Gasteiger partial charge in [-0.05, 0) is 24.3 Å². The lowest BCUT2D eigenvalue weighted by Crippen LogP contribution is -2.28. The first-order chi connectivity index (χ1) is 13.9. The third kappa shape index (κ3) is 4.07. The van der Waals surface area contributed by atoms with E-state index in [4.69, 9.17) is 24.7 Å². The van der Waals surface area contributed by atoms with Crippen LogP contribution in [0, 0.1) is 0 Å². The van der Waals surface area contributed by atoms with Crippen molar-refractivity contribution in [2.75, 3.05) is 21.3 Å². The molecule has 0 spiro atoms. The quantitative estimate of drug-likeness (QED) is 0.518. The van der Waals surface area contributed by atoms with Crippen LogP contribution in [0.2, 0.25) is 0 Å². The number of halogens is 1. The number of rotatable bonds is 6. The third-order valence-electron chi connectivity index (χ3n) is 4.66. The molecule has 2 aromatic carbocycles. The minimum absolute atomic E-state index is 0.0196. The third-order valence-corrected chi connectivity index (χ3v) is 5.11. The molecule has 1 unspecified atom stereocenters. The van der Waals surface area contributed by atoms with E-state index in [1.54, 1.807) is 36.4 Å². The number of carbonyl (C=O) groups excluding carboxylic acids is 2. The summed E-state index contributed by atoms with van der Waals surface area (Å²) in [5, 5.41) is 0. The summed E-state index contributed by atoms with van der Waals surface area (Å²) in [6, 6.07) is 10.3. The van der Waals surface area contributed by atoms with E-state index in [0.717, 1.165) is 0 Å². The zero-order valence-electron chi connectivity index (χ0n) is 16.2. The standard InChI is InChI=1S/C21H20BrNO6/c1-26-13-6-4-5-11(7-13)16(24)10-14-15-8-12(22)9-17(27-2)19(15)29-20(23)18(14)21(25)28-3/h4-9,14H,10,23H2,1-3H3. The Morgan fingerprint density at radius 2 is 1.90 bits per heavy atom. The van der Waals surface area contributed by atoms with E-state index in [9.17, 15) is 9.59 Å². The van der Waals surface area contributed by atoms with Crippen LogP contribution >= 0.6 is 15.9 Å². The second-order valence-electron chi connectivity index (χ2n) is 6.31. The van der Waals surface area contributed by atoms with Gasteiger partial charge in [-0.15, -0.1) is 0 Å². The van der Waals surface area contributed by atoms with Crippen molar-refractivity contribution >= 4 is 27.7 Å². The normalized spacial score (nSPS) is 15.2. The Morgan fingerprint density at radius 3 is 2.55 bits per heavy atom. The molecule has 0 radical (unpaired) electrons. The summed E-state index contributed by atoms with van der Waals surface area (Å²) in [5.41, 5.74) is 7.19. The molecule has 0 fully saturated rings. The predicted molar refractivity (Wildman–Crippen MR) is 109 cm³/mol. The number of fused-ring (bicyclic) bond motifs is 1. The van der Waals surface area contributed by atoms with Gasteiger partial charge < -0.3 is 24.7 Å². The van der Waals surface area contributed by atoms with Crippen LogP contribution in [-0.4, -0.2) is 33.1 Å². The van der Waals surface area contributed by atoms with Crippen LogP contribution in [0.1, 0.15) is 28.3 Å². The van der Waals surface area contributed by atoms with Gasteiger partial charge in [-0.2, -0.15) is 0 Å². The molecule has 3 rings (SSSR count). The fourth-order valence-corrected chi connectivity index (χ4v) is 3.72. The molecule has 152 valence electrons. The van der Waals surface area contributed by atoms with E-state index in [0.29, 0.717) is 32.8 Å². The number of hydrogen-bond acceptors (Lipinski definition) is 7. The Bertz CT molecular complexity index is 1000. The van der Waals surface area contributed by atoms with Gasteiger partial charge in [0.1, 0.15) is 11.3 Å². The van der Waals surface area contributed by atoms with Gasteiger partial charge in [0.2, 0.25) is 5.88 Å². The van der Waals surface area contributed by atoms with E-state index in [1.807, 2.05) is 0 Å². The Morgan fingerprint density at radius 1 is 1.14 bits per heavy atom. The van der Waals surface area contributed by atoms with Crippen LogP contribution in [0.15, 0.2) is 52.3 Å². The number of Topliss-reactive ketones (excluding diaryl/α,β-unsaturated/α-hetero) is 1. The second-order valence-corrected chi connectivity index (χ2v) is 7.23. The van der Waals surface area contributed by atoms with Crippen molar-refractivity contribution in [1.82, 2.24) is 0 Å². The van der Waals surface area contributed by atoms with Crippen molar-refractivity contribution in [3.05, 3.63) is 63.5 Å². The number of benzene rings is 2. The van der Waals surface area contributed by atoms with Crippen LogP contribution < -0.4 is 19.9 Å². The van der Waals surface area contributed by atoms with Crippen LogP contribution in [-0.2, 0) is 9.53 Å². The van der Waals surface area contributed by atoms with E-state index in [1.165, 1.54) is 21.3 Å². The smallest absolute Gasteiger partial charge is 0.339 e. The molecule has 1 aliphatic rings. The molecule has 7 nitrogen and oxygen atoms in total. The first-order valence-electron chi connectivity index (χ1n) is 8.70. The molecule has 1 heterocycles. The van der Waals surface area contributed by atoms with Crippen LogP contribution in [0.3, 0.4) is 0 Å². The van der Waals surface area contributed by atoms with Gasteiger partial charge in [0.15, 0.2) is 17.3 Å². The van der Waals surface area contributed by atoms with Crippen LogP contribution in [0.25, 0.3) is 0 Å². The number of hydrogen-bond donors (Lipinski definition) is 1. The zero-order chi connectivity index (χ0) is 21.1. The highest BCUT2D eigenvalue weighted by Gasteiger charge is 2.37. The van der Waals surface area contributed by atoms with Crippen molar-refractivity contribution in [3.8, 4) is 17.2 Å². The molecule has 2 aromatic rings. The van der Waals surface area contributed by atoms with Gasteiger partial charge in [-0.1, -0.05) is 28.1 Å². The van der Waals surface area contributed by atoms with Crippen molar-refractivity contribution in [1.29, 1.82) is 0 Å². The van der Waals surface area contributed by atoms with Gasteiger partial charge in [0.25, 0.3) is 0 Å². The summed E-state index contributed by atoms with van der Waals surface area (Å²) >= 11 is 3.43. The first kappa shape index (κ1) is 20.7. The number of carbonyl (C=O) groups is 2. The summed E-state index contributed by atoms with van der Waals surface area (Å²) in [6.45, 7) is 0. The molecule has 0 aliphatic carbocycles. The lowest BCUT2D eigenvalue weighted by Gasteiger charge is -2.28. The number of esters is 1. The molecule has 2 N–H and O–H groups in total. The largest absolute Gasteiger partial charge is 0.497 e. The molecule has 29 heavy (non-hydrogen) atoms. The second kappa shape index (κ2) is 8.57. The molecule has 8 heteroatoms. The summed E-state index contributed by atoms with van der Waals surface area (Å²) in [6.07, 6.45) is -0.0196. The van der Waals surface area contributed by atoms with Crippen LogP contribution in [0.4, 0.5) is 0 Å². The maximum Gasteiger partial charge on any atom is 0.339 e. The molecular weight excluding hydrogens is 442 g/mol. The van der Waals surface area contributed by atoms with Crippen LogP contribution in [0.5, 0.6) is 17.2 Å². The Balaban J connectivity index is 2.09. The average molecular weight is 462 g/mol. The lowest BCUT2D eigenvalue weighted by molar-refractivity contribution is -0.136. The van der Waals surface area contributed by atoms with Gasteiger partial charge in [0, 0.05) is 27.9 Å². The minimum atomic E-state index is -0.670. The molecule has 1 atom stereocenters. The lowest BCUT2D eigenvalue weighted by atomic mass is 9.83. The van der Waals surface area contributed by atoms with Gasteiger partial charge in [0.05, 0.1) is 21.3 Å². The Kier molecular flexibility index (Phi) is 6.12. The number of methoxy groups -OCH3 is 3. The van der Waals surface area contributed by atoms with E-state index in [2.05, 4.69) is 15.9 Å². The zero-order valence-corrected chi connectivity index (χ0v) is 17.7. The highest BCUT2D eigenvalue weighted by molar-refractivity contribution is 9.10. The maximum absolute atomic E-state index is 13.0. The molecule has 0 amide bonds. The Labute approximate surface area is 176 Å². The summed E-state index contributed by atoms with van der Waals surface area (Å²) in [4.78, 5) is 25.5. The van der Waals surface area contributed by atoms with E-state index < -0.39 is 11.9 Å². The van der Waals surface area contributed by atoms with Gasteiger partial charge >= 0.3 is 5.97 Å². The van der Waals surface area contributed by atoms with Crippen molar-refractivity contribution in [3.63, 3.8) is 0 Å². The fraction of sp³-hybridized carbons (Fsp3) is 0.238. The molecular formula is C21H20BrNO6. The predicted octanol–water partition coefficient (Wildman–Crippen LogP) is 3.56.